The zero-order valence-corrected chi connectivity index (χ0v) is 20.2. The Bertz CT molecular complexity index is 892. The second kappa shape index (κ2) is 11.5. The van der Waals surface area contributed by atoms with Gasteiger partial charge in [0.25, 0.3) is 0 Å². The van der Waals surface area contributed by atoms with E-state index < -0.39 is 5.60 Å². The molecule has 1 aliphatic carbocycles. The molecule has 1 amide bonds. The SMILES string of the molecule is CCCC=CCc1ccc2c(c1)OC[C@H]1CCC(NC(=O)CC(=O)CC)C[C@@]21OC(=O)CC. The van der Waals surface area contributed by atoms with Gasteiger partial charge in [-0.05, 0) is 37.3 Å². The van der Waals surface area contributed by atoms with Crippen LogP contribution in [0.5, 0.6) is 5.75 Å². The maximum absolute atomic E-state index is 12.5. The lowest BCUT2D eigenvalue weighted by Crippen LogP contribution is -2.54. The molecule has 6 nitrogen and oxygen atoms in total. The van der Waals surface area contributed by atoms with Gasteiger partial charge in [-0.3, -0.25) is 14.4 Å². The average Bonchev–Trinajstić information content (AvgIpc) is 2.81. The number of benzene rings is 1. The zero-order chi connectivity index (χ0) is 23.8. The van der Waals surface area contributed by atoms with E-state index in [0.29, 0.717) is 19.4 Å². The van der Waals surface area contributed by atoms with Gasteiger partial charge < -0.3 is 14.8 Å². The summed E-state index contributed by atoms with van der Waals surface area (Å²) in [5.41, 5.74) is 1.20. The van der Waals surface area contributed by atoms with E-state index in [-0.39, 0.29) is 42.5 Å². The normalized spacial score (nSPS) is 23.8. The first-order valence-corrected chi connectivity index (χ1v) is 12.4. The van der Waals surface area contributed by atoms with Gasteiger partial charge in [0, 0.05) is 36.8 Å². The van der Waals surface area contributed by atoms with E-state index in [1.54, 1.807) is 13.8 Å². The summed E-state index contributed by atoms with van der Waals surface area (Å²) in [6.07, 6.45) is 9.93. The summed E-state index contributed by atoms with van der Waals surface area (Å²) < 4.78 is 12.3. The number of Topliss-reactive ketones (excluding diaryl/α,β-unsaturated/α-hetero) is 1. The largest absolute Gasteiger partial charge is 0.493 e. The molecule has 1 N–H and O–H groups in total. The first kappa shape index (κ1) is 25.0. The molecule has 1 aliphatic heterocycles. The minimum Gasteiger partial charge on any atom is -0.493 e. The molecule has 0 bridgehead atoms. The Morgan fingerprint density at radius 3 is 2.70 bits per heavy atom. The molecule has 180 valence electrons. The monoisotopic (exact) mass is 455 g/mol. The van der Waals surface area contributed by atoms with E-state index in [1.807, 2.05) is 12.1 Å². The molecule has 1 heterocycles. The summed E-state index contributed by atoms with van der Waals surface area (Å²) in [6, 6.07) is 5.99. The Balaban J connectivity index is 1.86. The van der Waals surface area contributed by atoms with E-state index in [2.05, 4.69) is 30.5 Å². The topological polar surface area (TPSA) is 81.7 Å². The van der Waals surface area contributed by atoms with Crippen molar-refractivity contribution in [2.45, 2.75) is 90.2 Å². The predicted molar refractivity (Wildman–Crippen MR) is 127 cm³/mol. The fourth-order valence-electron chi connectivity index (χ4n) is 4.84. The second-order valence-electron chi connectivity index (χ2n) is 9.13. The number of carbonyl (C=O) groups excluding carboxylic acids is 3. The van der Waals surface area contributed by atoms with Crippen LogP contribution in [0.3, 0.4) is 0 Å². The van der Waals surface area contributed by atoms with Crippen LogP contribution in [0.25, 0.3) is 0 Å². The summed E-state index contributed by atoms with van der Waals surface area (Å²) >= 11 is 0. The number of amides is 1. The van der Waals surface area contributed by atoms with Crippen LogP contribution in [0.2, 0.25) is 0 Å². The first-order chi connectivity index (χ1) is 15.9. The minimum absolute atomic E-state index is 0.0289. The Kier molecular flexibility index (Phi) is 8.70. The zero-order valence-electron chi connectivity index (χ0n) is 20.2. The van der Waals surface area contributed by atoms with Gasteiger partial charge in [-0.15, -0.1) is 0 Å². The van der Waals surface area contributed by atoms with Crippen LogP contribution in [0, 0.1) is 5.92 Å². The van der Waals surface area contributed by atoms with Crippen LogP contribution in [-0.4, -0.2) is 30.3 Å². The summed E-state index contributed by atoms with van der Waals surface area (Å²) in [6.45, 7) is 6.19. The van der Waals surface area contributed by atoms with Gasteiger partial charge in [-0.25, -0.2) is 0 Å². The number of hydrogen-bond donors (Lipinski definition) is 1. The van der Waals surface area contributed by atoms with Crippen LogP contribution in [0.4, 0.5) is 0 Å². The van der Waals surface area contributed by atoms with Crippen molar-refractivity contribution in [3.63, 3.8) is 0 Å². The smallest absolute Gasteiger partial charge is 0.306 e. The molecule has 0 saturated heterocycles. The minimum atomic E-state index is -0.831. The number of unbranched alkanes of at least 4 members (excludes halogenated alkanes) is 1. The molecule has 0 aromatic heterocycles. The highest BCUT2D eigenvalue weighted by atomic mass is 16.6. The quantitative estimate of drug-likeness (QED) is 0.312. The summed E-state index contributed by atoms with van der Waals surface area (Å²) in [5.74, 6) is 0.187. The lowest BCUT2D eigenvalue weighted by Gasteiger charge is -2.49. The molecule has 1 saturated carbocycles. The number of fused-ring (bicyclic) bond motifs is 3. The third-order valence-corrected chi connectivity index (χ3v) is 6.69. The standard InChI is InChI=1S/C27H37NO5/c1-4-7-8-9-10-19-11-14-23-24(15-19)32-18-20-12-13-21(28-25(30)16-22(29)5-2)17-27(20,23)33-26(31)6-3/h8-9,11,14-15,20-21H,4-7,10,12-13,16-18H2,1-3H3,(H,28,30)/t20-,21?,27+/m1/s1. The molecule has 0 spiro atoms. The van der Waals surface area contributed by atoms with Crippen molar-refractivity contribution in [3.8, 4) is 5.75 Å². The van der Waals surface area contributed by atoms with Gasteiger partial charge in [0.1, 0.15) is 17.1 Å². The van der Waals surface area contributed by atoms with Gasteiger partial charge in [-0.2, -0.15) is 0 Å². The van der Waals surface area contributed by atoms with Crippen molar-refractivity contribution in [1.29, 1.82) is 0 Å². The fraction of sp³-hybridized carbons (Fsp3) is 0.593. The van der Waals surface area contributed by atoms with Crippen molar-refractivity contribution < 1.29 is 23.9 Å². The Hall–Kier alpha value is -2.63. The molecule has 3 atom stereocenters. The third kappa shape index (κ3) is 6.04. The molecule has 2 aliphatic rings. The van der Waals surface area contributed by atoms with Crippen molar-refractivity contribution >= 4 is 17.7 Å². The van der Waals surface area contributed by atoms with Gasteiger partial charge in [0.15, 0.2) is 0 Å². The molecule has 1 aromatic carbocycles. The number of esters is 1. The Labute approximate surface area is 197 Å². The highest BCUT2D eigenvalue weighted by Crippen LogP contribution is 2.51. The molecular weight excluding hydrogens is 418 g/mol. The van der Waals surface area contributed by atoms with Crippen LogP contribution < -0.4 is 10.1 Å². The Morgan fingerprint density at radius 2 is 1.97 bits per heavy atom. The molecule has 3 rings (SSSR count). The van der Waals surface area contributed by atoms with Gasteiger partial charge in [-0.1, -0.05) is 51.5 Å². The highest BCUT2D eigenvalue weighted by molar-refractivity contribution is 5.97. The molecule has 6 heteroatoms. The Morgan fingerprint density at radius 1 is 1.15 bits per heavy atom. The average molecular weight is 456 g/mol. The molecular formula is C27H37NO5. The van der Waals surface area contributed by atoms with E-state index in [1.165, 1.54) is 0 Å². The number of rotatable bonds is 10. The van der Waals surface area contributed by atoms with Gasteiger partial charge in [0.05, 0.1) is 13.0 Å². The van der Waals surface area contributed by atoms with Crippen LogP contribution in [0.1, 0.15) is 83.3 Å². The molecule has 1 aromatic rings. The van der Waals surface area contributed by atoms with E-state index in [0.717, 1.165) is 49.0 Å². The number of ether oxygens (including phenoxy) is 2. The molecule has 0 radical (unpaired) electrons. The number of carbonyl (C=O) groups is 3. The van der Waals surface area contributed by atoms with E-state index >= 15 is 0 Å². The molecule has 1 fully saturated rings. The lowest BCUT2D eigenvalue weighted by atomic mass is 9.68. The fourth-order valence-corrected chi connectivity index (χ4v) is 4.84. The maximum atomic E-state index is 12.5. The van der Waals surface area contributed by atoms with Crippen molar-refractivity contribution in [2.75, 3.05) is 6.61 Å². The lowest BCUT2D eigenvalue weighted by molar-refractivity contribution is -0.180. The summed E-state index contributed by atoms with van der Waals surface area (Å²) in [5, 5.41) is 3.01. The van der Waals surface area contributed by atoms with Crippen molar-refractivity contribution in [3.05, 3.63) is 41.5 Å². The van der Waals surface area contributed by atoms with Gasteiger partial charge >= 0.3 is 5.97 Å². The third-order valence-electron chi connectivity index (χ3n) is 6.69. The molecule has 33 heavy (non-hydrogen) atoms. The van der Waals surface area contributed by atoms with Crippen LogP contribution in [0.15, 0.2) is 30.4 Å². The summed E-state index contributed by atoms with van der Waals surface area (Å²) in [4.78, 5) is 36.6. The predicted octanol–water partition coefficient (Wildman–Crippen LogP) is 4.78. The summed E-state index contributed by atoms with van der Waals surface area (Å²) in [7, 11) is 0. The van der Waals surface area contributed by atoms with Crippen molar-refractivity contribution in [2.24, 2.45) is 5.92 Å². The number of hydrogen-bond acceptors (Lipinski definition) is 5. The second-order valence-corrected chi connectivity index (χ2v) is 9.13. The van der Waals surface area contributed by atoms with E-state index in [4.69, 9.17) is 9.47 Å². The molecule has 1 unspecified atom stereocenters. The van der Waals surface area contributed by atoms with Crippen LogP contribution >= 0.6 is 0 Å². The highest BCUT2D eigenvalue weighted by Gasteiger charge is 2.52. The number of ketones is 1. The van der Waals surface area contributed by atoms with E-state index in [9.17, 15) is 14.4 Å². The first-order valence-electron chi connectivity index (χ1n) is 12.4. The number of nitrogens with one attached hydrogen (secondary N) is 1. The maximum Gasteiger partial charge on any atom is 0.306 e. The number of allylic oxidation sites excluding steroid dienone is 2. The van der Waals surface area contributed by atoms with Gasteiger partial charge in [0.2, 0.25) is 5.91 Å². The van der Waals surface area contributed by atoms with Crippen LogP contribution in [-0.2, 0) is 31.1 Å². The van der Waals surface area contributed by atoms with Crippen molar-refractivity contribution in [1.82, 2.24) is 5.32 Å².